The average Bonchev–Trinajstić information content (AvgIpc) is 2.90. The second kappa shape index (κ2) is 5.75. The van der Waals surface area contributed by atoms with Crippen LogP contribution in [0.25, 0.3) is 0 Å². The molecular weight excluding hydrogens is 279 g/mol. The smallest absolute Gasteiger partial charge is 0.269 e. The molecule has 0 saturated heterocycles. The molecule has 0 atom stereocenters. The zero-order valence-electron chi connectivity index (χ0n) is 10.8. The van der Waals surface area contributed by atoms with E-state index in [0.29, 0.717) is 10.6 Å². The van der Waals surface area contributed by atoms with Crippen LogP contribution < -0.4 is 5.32 Å². The highest BCUT2D eigenvalue weighted by atomic mass is 32.1. The van der Waals surface area contributed by atoms with Gasteiger partial charge in [-0.3, -0.25) is 4.79 Å². The number of benzene rings is 1. The first-order valence-electron chi connectivity index (χ1n) is 5.86. The van der Waals surface area contributed by atoms with Crippen molar-refractivity contribution in [3.8, 4) is 6.07 Å². The molecule has 1 aromatic carbocycles. The Morgan fingerprint density at radius 3 is 2.90 bits per heavy atom. The zero-order chi connectivity index (χ0) is 14.7. The van der Waals surface area contributed by atoms with Gasteiger partial charge >= 0.3 is 0 Å². The Labute approximate surface area is 119 Å². The van der Waals surface area contributed by atoms with E-state index in [1.54, 1.807) is 0 Å². The molecule has 0 aliphatic heterocycles. The molecule has 0 radical (unpaired) electrons. The molecule has 2 rings (SSSR count). The van der Waals surface area contributed by atoms with Crippen LogP contribution in [0.2, 0.25) is 0 Å². The molecule has 0 spiro atoms. The topological polar surface area (TPSA) is 78.7 Å². The van der Waals surface area contributed by atoms with E-state index in [4.69, 9.17) is 5.26 Å². The lowest BCUT2D eigenvalue weighted by Gasteiger charge is -2.07. The summed E-state index contributed by atoms with van der Waals surface area (Å²) in [5, 5.41) is 15.4. The number of carbonyl (C=O) groups excluding carboxylic acids is 1. The van der Waals surface area contributed by atoms with Gasteiger partial charge in [-0.25, -0.2) is 4.39 Å². The van der Waals surface area contributed by atoms with Crippen LogP contribution in [-0.2, 0) is 0 Å². The summed E-state index contributed by atoms with van der Waals surface area (Å²) in [4.78, 5) is 12.6. The largest absolute Gasteiger partial charge is 0.320 e. The minimum Gasteiger partial charge on any atom is -0.320 e. The SMILES string of the molecule is CC(C)c1nnsc1C(=O)Nc1ccc(F)cc1C#N. The molecule has 0 aliphatic rings. The first-order valence-corrected chi connectivity index (χ1v) is 6.63. The minimum atomic E-state index is -0.526. The summed E-state index contributed by atoms with van der Waals surface area (Å²) >= 11 is 0.992. The number of nitrogens with zero attached hydrogens (tertiary/aromatic N) is 3. The van der Waals surface area contributed by atoms with Crippen molar-refractivity contribution in [3.63, 3.8) is 0 Å². The highest BCUT2D eigenvalue weighted by Gasteiger charge is 2.19. The molecule has 7 heteroatoms. The van der Waals surface area contributed by atoms with Gasteiger partial charge in [0.1, 0.15) is 16.8 Å². The van der Waals surface area contributed by atoms with Crippen molar-refractivity contribution in [2.45, 2.75) is 19.8 Å². The highest BCUT2D eigenvalue weighted by molar-refractivity contribution is 7.08. The van der Waals surface area contributed by atoms with E-state index >= 15 is 0 Å². The minimum absolute atomic E-state index is 0.0677. The molecule has 0 aliphatic carbocycles. The van der Waals surface area contributed by atoms with Gasteiger partial charge in [-0.1, -0.05) is 18.3 Å². The highest BCUT2D eigenvalue weighted by Crippen LogP contribution is 2.22. The van der Waals surface area contributed by atoms with Gasteiger partial charge in [0.25, 0.3) is 5.91 Å². The van der Waals surface area contributed by atoms with Gasteiger partial charge in [0.05, 0.1) is 16.9 Å². The van der Waals surface area contributed by atoms with E-state index in [1.807, 2.05) is 19.9 Å². The number of rotatable bonds is 3. The number of hydrogen-bond acceptors (Lipinski definition) is 5. The van der Waals surface area contributed by atoms with E-state index < -0.39 is 11.7 Å². The number of nitriles is 1. The third kappa shape index (κ3) is 2.81. The lowest BCUT2D eigenvalue weighted by atomic mass is 10.1. The van der Waals surface area contributed by atoms with Crippen LogP contribution in [0.5, 0.6) is 0 Å². The second-order valence-corrected chi connectivity index (χ2v) is 5.15. The van der Waals surface area contributed by atoms with Gasteiger partial charge in [0.2, 0.25) is 0 Å². The van der Waals surface area contributed by atoms with Gasteiger partial charge in [0, 0.05) is 0 Å². The van der Waals surface area contributed by atoms with E-state index in [1.165, 1.54) is 12.1 Å². The monoisotopic (exact) mass is 290 g/mol. The summed E-state index contributed by atoms with van der Waals surface area (Å²) in [5.41, 5.74) is 0.942. The van der Waals surface area contributed by atoms with Gasteiger partial charge in [0.15, 0.2) is 0 Å². The van der Waals surface area contributed by atoms with Crippen molar-refractivity contribution in [2.75, 3.05) is 5.32 Å². The van der Waals surface area contributed by atoms with Crippen LogP contribution in [0, 0.1) is 17.1 Å². The molecule has 2 aromatic rings. The Morgan fingerprint density at radius 1 is 1.50 bits per heavy atom. The molecule has 1 heterocycles. The number of nitrogens with one attached hydrogen (secondary N) is 1. The zero-order valence-corrected chi connectivity index (χ0v) is 11.7. The fourth-order valence-electron chi connectivity index (χ4n) is 1.63. The predicted molar refractivity (Wildman–Crippen MR) is 73.1 cm³/mol. The van der Waals surface area contributed by atoms with Crippen molar-refractivity contribution < 1.29 is 9.18 Å². The van der Waals surface area contributed by atoms with Crippen LogP contribution in [0.4, 0.5) is 10.1 Å². The maximum Gasteiger partial charge on any atom is 0.269 e. The first kappa shape index (κ1) is 14.1. The number of anilines is 1. The van der Waals surface area contributed by atoms with Crippen LogP contribution >= 0.6 is 11.5 Å². The quantitative estimate of drug-likeness (QED) is 0.942. The fourth-order valence-corrected chi connectivity index (χ4v) is 2.34. The number of halogens is 1. The summed E-state index contributed by atoms with van der Waals surface area (Å²) in [6.45, 7) is 3.82. The Hall–Kier alpha value is -2.33. The van der Waals surface area contributed by atoms with Crippen molar-refractivity contribution in [1.29, 1.82) is 5.26 Å². The molecule has 102 valence electrons. The molecule has 1 N–H and O–H groups in total. The number of aromatic nitrogens is 2. The summed E-state index contributed by atoms with van der Waals surface area (Å²) < 4.78 is 16.8. The predicted octanol–water partition coefficient (Wildman–Crippen LogP) is 2.92. The third-order valence-corrected chi connectivity index (χ3v) is 3.36. The number of carbonyl (C=O) groups is 1. The number of amides is 1. The molecule has 5 nitrogen and oxygen atoms in total. The van der Waals surface area contributed by atoms with Crippen molar-refractivity contribution >= 4 is 23.1 Å². The Bertz CT molecular complexity index is 690. The molecular formula is C13H11FN4OS. The normalized spacial score (nSPS) is 10.3. The Balaban J connectivity index is 2.29. The van der Waals surface area contributed by atoms with E-state index in [0.717, 1.165) is 17.6 Å². The van der Waals surface area contributed by atoms with Gasteiger partial charge in [-0.2, -0.15) is 5.26 Å². The molecule has 1 aromatic heterocycles. The third-order valence-electron chi connectivity index (χ3n) is 2.62. The van der Waals surface area contributed by atoms with Gasteiger partial charge in [-0.15, -0.1) is 5.10 Å². The summed E-state index contributed by atoms with van der Waals surface area (Å²) in [7, 11) is 0. The van der Waals surface area contributed by atoms with E-state index in [9.17, 15) is 9.18 Å². The van der Waals surface area contributed by atoms with Gasteiger partial charge in [-0.05, 0) is 35.6 Å². The maximum absolute atomic E-state index is 13.0. The second-order valence-electron chi connectivity index (χ2n) is 4.40. The van der Waals surface area contributed by atoms with Crippen molar-refractivity contribution in [1.82, 2.24) is 9.59 Å². The van der Waals surface area contributed by atoms with Crippen LogP contribution in [-0.4, -0.2) is 15.5 Å². The molecule has 0 saturated carbocycles. The fraction of sp³-hybridized carbons (Fsp3) is 0.231. The molecule has 1 amide bonds. The van der Waals surface area contributed by atoms with Crippen LogP contribution in [0.15, 0.2) is 18.2 Å². The maximum atomic E-state index is 13.0. The lowest BCUT2D eigenvalue weighted by molar-refractivity contribution is 0.102. The average molecular weight is 290 g/mol. The van der Waals surface area contributed by atoms with Crippen LogP contribution in [0.3, 0.4) is 0 Å². The van der Waals surface area contributed by atoms with E-state index in [2.05, 4.69) is 14.9 Å². The summed E-state index contributed by atoms with van der Waals surface area (Å²) in [6.07, 6.45) is 0. The molecule has 0 bridgehead atoms. The molecule has 0 unspecified atom stereocenters. The summed E-state index contributed by atoms with van der Waals surface area (Å²) in [6, 6.07) is 5.46. The summed E-state index contributed by atoms with van der Waals surface area (Å²) in [5.74, 6) is -0.855. The Kier molecular flexibility index (Phi) is 4.05. The number of hydrogen-bond donors (Lipinski definition) is 1. The van der Waals surface area contributed by atoms with Crippen LogP contribution in [0.1, 0.15) is 40.7 Å². The molecule has 0 fully saturated rings. The van der Waals surface area contributed by atoms with Gasteiger partial charge < -0.3 is 5.32 Å². The first-order chi connectivity index (χ1) is 9.52. The van der Waals surface area contributed by atoms with Crippen molar-refractivity contribution in [2.24, 2.45) is 0 Å². The Morgan fingerprint density at radius 2 is 2.25 bits per heavy atom. The molecule has 20 heavy (non-hydrogen) atoms. The lowest BCUT2D eigenvalue weighted by Crippen LogP contribution is -2.14. The standard InChI is InChI=1S/C13H11FN4OS/c1-7(2)11-12(20-18-17-11)13(19)16-10-4-3-9(14)5-8(10)6-15/h3-5,7H,1-2H3,(H,16,19). The van der Waals surface area contributed by atoms with Crippen molar-refractivity contribution in [3.05, 3.63) is 40.2 Å². The van der Waals surface area contributed by atoms with E-state index in [-0.39, 0.29) is 17.2 Å².